The van der Waals surface area contributed by atoms with Crippen molar-refractivity contribution < 1.29 is 9.13 Å². The standard InChI is InChI=1S/C17H15BrFN3OS/c1-2-9-23-16-8-3-13(18)10-12(16)11-20-22-17(24)21-15-6-4-14(19)5-7-15/h2-8,10-11H,1,9H2,(H2,21,22,24)/b20-11-. The fraction of sp³-hybridized carbons (Fsp3) is 0.0588. The first-order valence-corrected chi connectivity index (χ1v) is 8.17. The monoisotopic (exact) mass is 407 g/mol. The lowest BCUT2D eigenvalue weighted by atomic mass is 10.2. The minimum absolute atomic E-state index is 0.293. The molecule has 4 nitrogen and oxygen atoms in total. The fourth-order valence-corrected chi connectivity index (χ4v) is 2.30. The van der Waals surface area contributed by atoms with Crippen molar-refractivity contribution in [3.05, 3.63) is 71.0 Å². The van der Waals surface area contributed by atoms with E-state index >= 15 is 0 Å². The van der Waals surface area contributed by atoms with E-state index in [0.29, 0.717) is 23.2 Å². The molecule has 2 N–H and O–H groups in total. The molecule has 24 heavy (non-hydrogen) atoms. The maximum absolute atomic E-state index is 12.9. The summed E-state index contributed by atoms with van der Waals surface area (Å²) in [5.41, 5.74) is 4.15. The highest BCUT2D eigenvalue weighted by molar-refractivity contribution is 9.10. The van der Waals surface area contributed by atoms with Gasteiger partial charge in [0.2, 0.25) is 0 Å². The van der Waals surface area contributed by atoms with E-state index in [4.69, 9.17) is 17.0 Å². The molecule has 0 unspecified atom stereocenters. The van der Waals surface area contributed by atoms with Crippen LogP contribution in [0, 0.1) is 5.82 Å². The van der Waals surface area contributed by atoms with Gasteiger partial charge in [-0.1, -0.05) is 28.6 Å². The molecule has 0 aromatic heterocycles. The smallest absolute Gasteiger partial charge is 0.191 e. The molecule has 0 saturated carbocycles. The summed E-state index contributed by atoms with van der Waals surface area (Å²) in [4.78, 5) is 0. The number of benzene rings is 2. The number of hydrogen-bond donors (Lipinski definition) is 2. The molecule has 0 saturated heterocycles. The number of rotatable bonds is 6. The van der Waals surface area contributed by atoms with Crippen LogP contribution < -0.4 is 15.5 Å². The molecular formula is C17H15BrFN3OS. The van der Waals surface area contributed by atoms with Crippen LogP contribution in [0.15, 0.2) is 64.7 Å². The Balaban J connectivity index is 1.97. The number of halogens is 2. The molecule has 0 aliphatic rings. The van der Waals surface area contributed by atoms with Gasteiger partial charge in [0.15, 0.2) is 5.11 Å². The number of hydrazone groups is 1. The summed E-state index contributed by atoms with van der Waals surface area (Å²) in [6.07, 6.45) is 3.27. The highest BCUT2D eigenvalue weighted by Gasteiger charge is 2.02. The molecule has 0 aliphatic heterocycles. The van der Waals surface area contributed by atoms with Gasteiger partial charge in [-0.3, -0.25) is 5.43 Å². The summed E-state index contributed by atoms with van der Waals surface area (Å²) in [6, 6.07) is 11.5. The van der Waals surface area contributed by atoms with Crippen LogP contribution >= 0.6 is 28.1 Å². The summed E-state index contributed by atoms with van der Waals surface area (Å²) < 4.78 is 19.3. The molecule has 0 amide bonds. The highest BCUT2D eigenvalue weighted by Crippen LogP contribution is 2.21. The highest BCUT2D eigenvalue weighted by atomic mass is 79.9. The molecular weight excluding hydrogens is 393 g/mol. The van der Waals surface area contributed by atoms with E-state index in [1.54, 1.807) is 24.4 Å². The van der Waals surface area contributed by atoms with Gasteiger partial charge in [0.1, 0.15) is 18.2 Å². The van der Waals surface area contributed by atoms with Gasteiger partial charge in [0, 0.05) is 15.7 Å². The largest absolute Gasteiger partial charge is 0.489 e. The average molecular weight is 408 g/mol. The Labute approximate surface area is 153 Å². The summed E-state index contributed by atoms with van der Waals surface area (Å²) in [6.45, 7) is 4.03. The van der Waals surface area contributed by atoms with Crippen molar-refractivity contribution in [1.29, 1.82) is 0 Å². The summed E-state index contributed by atoms with van der Waals surface area (Å²) >= 11 is 8.54. The normalized spacial score (nSPS) is 10.4. The third-order valence-corrected chi connectivity index (χ3v) is 3.49. The van der Waals surface area contributed by atoms with Crippen LogP contribution in [0.25, 0.3) is 0 Å². The maximum atomic E-state index is 12.9. The Hall–Kier alpha value is -2.25. The van der Waals surface area contributed by atoms with Crippen molar-refractivity contribution in [2.24, 2.45) is 5.10 Å². The van der Waals surface area contributed by atoms with Gasteiger partial charge in [0.05, 0.1) is 6.21 Å². The van der Waals surface area contributed by atoms with Crippen molar-refractivity contribution in [1.82, 2.24) is 5.43 Å². The SMILES string of the molecule is C=CCOc1ccc(Br)cc1/C=N\NC(=S)Nc1ccc(F)cc1. The Kier molecular flexibility index (Phi) is 6.89. The van der Waals surface area contributed by atoms with Gasteiger partial charge in [-0.05, 0) is 54.7 Å². The molecule has 0 spiro atoms. The zero-order chi connectivity index (χ0) is 17.4. The van der Waals surface area contributed by atoms with Crippen LogP contribution in [0.2, 0.25) is 0 Å². The van der Waals surface area contributed by atoms with Gasteiger partial charge >= 0.3 is 0 Å². The van der Waals surface area contributed by atoms with E-state index in [1.165, 1.54) is 12.1 Å². The van der Waals surface area contributed by atoms with E-state index in [1.807, 2.05) is 18.2 Å². The van der Waals surface area contributed by atoms with Crippen molar-refractivity contribution >= 4 is 45.2 Å². The van der Waals surface area contributed by atoms with Crippen molar-refractivity contribution in [3.8, 4) is 5.75 Å². The van der Waals surface area contributed by atoms with Crippen LogP contribution in [-0.2, 0) is 0 Å². The molecule has 2 rings (SSSR count). The third-order valence-electron chi connectivity index (χ3n) is 2.80. The second-order valence-corrected chi connectivity index (χ2v) is 5.94. The lowest BCUT2D eigenvalue weighted by Gasteiger charge is -2.08. The zero-order valence-corrected chi connectivity index (χ0v) is 15.0. The number of thiocarbonyl (C=S) groups is 1. The van der Waals surface area contributed by atoms with Crippen molar-refractivity contribution in [2.75, 3.05) is 11.9 Å². The summed E-state index contributed by atoms with van der Waals surface area (Å²) in [7, 11) is 0. The minimum atomic E-state index is -0.306. The number of nitrogens with one attached hydrogen (secondary N) is 2. The number of ether oxygens (including phenoxy) is 1. The van der Waals surface area contributed by atoms with Crippen molar-refractivity contribution in [2.45, 2.75) is 0 Å². The summed E-state index contributed by atoms with van der Waals surface area (Å²) in [5, 5.41) is 7.28. The minimum Gasteiger partial charge on any atom is -0.489 e. The van der Waals surface area contributed by atoms with Crippen LogP contribution in [0.1, 0.15) is 5.56 Å². The van der Waals surface area contributed by atoms with Crippen LogP contribution in [0.4, 0.5) is 10.1 Å². The number of hydrogen-bond acceptors (Lipinski definition) is 3. The molecule has 0 fully saturated rings. The quantitative estimate of drug-likeness (QED) is 0.320. The molecule has 0 heterocycles. The molecule has 2 aromatic carbocycles. The maximum Gasteiger partial charge on any atom is 0.191 e. The molecule has 124 valence electrons. The molecule has 0 bridgehead atoms. The van der Waals surface area contributed by atoms with Gasteiger partial charge < -0.3 is 10.1 Å². The Bertz CT molecular complexity index is 750. The van der Waals surface area contributed by atoms with Crippen LogP contribution in [-0.4, -0.2) is 17.9 Å². The number of anilines is 1. The lowest BCUT2D eigenvalue weighted by Crippen LogP contribution is -2.23. The molecule has 7 heteroatoms. The van der Waals surface area contributed by atoms with E-state index in [0.717, 1.165) is 10.0 Å². The number of nitrogens with zero attached hydrogens (tertiary/aromatic N) is 1. The van der Waals surface area contributed by atoms with E-state index in [9.17, 15) is 4.39 Å². The summed E-state index contributed by atoms with van der Waals surface area (Å²) in [5.74, 6) is 0.375. The molecule has 2 aromatic rings. The lowest BCUT2D eigenvalue weighted by molar-refractivity contribution is 0.362. The van der Waals surface area contributed by atoms with Gasteiger partial charge in [-0.15, -0.1) is 0 Å². The second kappa shape index (κ2) is 9.14. The van der Waals surface area contributed by atoms with Crippen LogP contribution in [0.5, 0.6) is 5.75 Å². The van der Waals surface area contributed by atoms with Crippen molar-refractivity contribution in [3.63, 3.8) is 0 Å². The molecule has 0 aliphatic carbocycles. The Morgan fingerprint density at radius 3 is 2.75 bits per heavy atom. The van der Waals surface area contributed by atoms with E-state index in [2.05, 4.69) is 38.4 Å². The van der Waals surface area contributed by atoms with Gasteiger partial charge in [-0.25, -0.2) is 4.39 Å². The fourth-order valence-electron chi connectivity index (χ4n) is 1.75. The zero-order valence-electron chi connectivity index (χ0n) is 12.6. The first-order chi connectivity index (χ1) is 11.6. The Morgan fingerprint density at radius 1 is 1.29 bits per heavy atom. The molecule has 0 atom stereocenters. The van der Waals surface area contributed by atoms with E-state index < -0.39 is 0 Å². The van der Waals surface area contributed by atoms with Crippen LogP contribution in [0.3, 0.4) is 0 Å². The van der Waals surface area contributed by atoms with Gasteiger partial charge in [0.25, 0.3) is 0 Å². The predicted octanol–water partition coefficient (Wildman–Crippen LogP) is 4.47. The average Bonchev–Trinajstić information content (AvgIpc) is 2.56. The first kappa shape index (κ1) is 18.1. The second-order valence-electron chi connectivity index (χ2n) is 4.61. The van der Waals surface area contributed by atoms with E-state index in [-0.39, 0.29) is 5.82 Å². The molecule has 0 radical (unpaired) electrons. The third kappa shape index (κ3) is 5.75. The first-order valence-electron chi connectivity index (χ1n) is 6.97. The Morgan fingerprint density at radius 2 is 2.04 bits per heavy atom. The predicted molar refractivity (Wildman–Crippen MR) is 103 cm³/mol. The van der Waals surface area contributed by atoms with Gasteiger partial charge in [-0.2, -0.15) is 5.10 Å². The topological polar surface area (TPSA) is 45.6 Å².